The lowest BCUT2D eigenvalue weighted by Gasteiger charge is -2.26. The van der Waals surface area contributed by atoms with Crippen LogP contribution in [0.15, 0.2) is 115 Å². The molecule has 0 saturated heterocycles. The van der Waals surface area contributed by atoms with Gasteiger partial charge < -0.3 is 25.0 Å². The fourth-order valence-electron chi connectivity index (χ4n) is 7.06. The van der Waals surface area contributed by atoms with Gasteiger partial charge in [0, 0.05) is 48.1 Å². The number of rotatable bonds is 20. The average molecular weight is 756 g/mol. The summed E-state index contributed by atoms with van der Waals surface area (Å²) < 4.78 is 11.7. The van der Waals surface area contributed by atoms with Crippen LogP contribution >= 0.6 is 11.3 Å². The number of hydrogen-bond donors (Lipinski definition) is 2. The van der Waals surface area contributed by atoms with Crippen molar-refractivity contribution < 1.29 is 19.1 Å². The molecule has 0 aliphatic carbocycles. The molecular weight excluding hydrogens is 703 g/mol. The summed E-state index contributed by atoms with van der Waals surface area (Å²) >= 11 is 1.69. The molecule has 0 unspecified atom stereocenters. The van der Waals surface area contributed by atoms with Gasteiger partial charge in [-0.2, -0.15) is 0 Å². The lowest BCUT2D eigenvalue weighted by Crippen LogP contribution is -2.33. The molecule has 0 bridgehead atoms. The summed E-state index contributed by atoms with van der Waals surface area (Å²) in [4.78, 5) is 29.2. The molecule has 6 aromatic rings. The molecule has 0 fully saturated rings. The fraction of sp³-hybridized carbons (Fsp3) is 0.319. The summed E-state index contributed by atoms with van der Waals surface area (Å²) in [6.45, 7) is 8.14. The van der Waals surface area contributed by atoms with Crippen molar-refractivity contribution in [2.45, 2.75) is 52.5 Å². The zero-order valence-corrected chi connectivity index (χ0v) is 33.1. The van der Waals surface area contributed by atoms with E-state index in [-0.39, 0.29) is 11.8 Å². The van der Waals surface area contributed by atoms with Crippen molar-refractivity contribution >= 4 is 44.7 Å². The Morgan fingerprint density at radius 3 is 2.20 bits per heavy atom. The van der Waals surface area contributed by atoms with Crippen LogP contribution in [-0.2, 0) is 17.8 Å². The lowest BCUT2D eigenvalue weighted by atomic mass is 9.94. The second kappa shape index (κ2) is 19.9. The van der Waals surface area contributed by atoms with Gasteiger partial charge in [-0.3, -0.25) is 9.59 Å². The van der Waals surface area contributed by atoms with Crippen molar-refractivity contribution in [2.75, 3.05) is 39.9 Å². The number of aryl methyl sites for hydroxylation is 1. The van der Waals surface area contributed by atoms with Crippen LogP contribution in [0.2, 0.25) is 0 Å². The molecule has 7 nitrogen and oxygen atoms in total. The van der Waals surface area contributed by atoms with Crippen molar-refractivity contribution in [1.29, 1.82) is 0 Å². The molecule has 286 valence electrons. The summed E-state index contributed by atoms with van der Waals surface area (Å²) in [5, 5.41) is 13.9. The van der Waals surface area contributed by atoms with E-state index < -0.39 is 0 Å². The predicted molar refractivity (Wildman–Crippen MR) is 227 cm³/mol. The van der Waals surface area contributed by atoms with Crippen molar-refractivity contribution in [3.63, 3.8) is 0 Å². The number of hydrogen-bond acceptors (Lipinski definition) is 6. The SMILES string of the molecule is COc1cc(OCCCC(=O)NCCCNCCCc2c3ccccc3cc3ccccc23)ccc1CN(CC(C)C)C(=O)c1ccc(-c2cccs2)cc1. The number of benzene rings is 5. The van der Waals surface area contributed by atoms with E-state index in [9.17, 15) is 9.59 Å². The number of ether oxygens (including phenoxy) is 2. The van der Waals surface area contributed by atoms with Crippen LogP contribution in [0.5, 0.6) is 11.5 Å². The normalized spacial score (nSPS) is 11.3. The molecule has 8 heteroatoms. The van der Waals surface area contributed by atoms with Gasteiger partial charge in [-0.05, 0) is 119 Å². The highest BCUT2D eigenvalue weighted by Crippen LogP contribution is 2.30. The van der Waals surface area contributed by atoms with Gasteiger partial charge in [-0.25, -0.2) is 0 Å². The first-order chi connectivity index (χ1) is 26.9. The monoisotopic (exact) mass is 755 g/mol. The van der Waals surface area contributed by atoms with Gasteiger partial charge in [0.15, 0.2) is 0 Å². The van der Waals surface area contributed by atoms with Gasteiger partial charge in [0.2, 0.25) is 5.91 Å². The molecule has 0 spiro atoms. The Balaban J connectivity index is 0.883. The molecule has 1 aromatic heterocycles. The molecule has 6 rings (SSSR count). The number of carbonyl (C=O) groups is 2. The third-order valence-corrected chi connectivity index (χ3v) is 10.7. The minimum Gasteiger partial charge on any atom is -0.496 e. The Kier molecular flexibility index (Phi) is 14.3. The van der Waals surface area contributed by atoms with Crippen LogP contribution in [0.3, 0.4) is 0 Å². The van der Waals surface area contributed by atoms with Crippen LogP contribution in [0, 0.1) is 5.92 Å². The minimum absolute atomic E-state index is 0.00924. The van der Waals surface area contributed by atoms with Gasteiger partial charge in [0.25, 0.3) is 5.91 Å². The van der Waals surface area contributed by atoms with E-state index in [1.807, 2.05) is 53.4 Å². The predicted octanol–water partition coefficient (Wildman–Crippen LogP) is 9.92. The highest BCUT2D eigenvalue weighted by Gasteiger charge is 2.20. The Bertz CT molecular complexity index is 2090. The Labute approximate surface area is 329 Å². The number of thiophene rings is 1. The maximum absolute atomic E-state index is 13.7. The van der Waals surface area contributed by atoms with Gasteiger partial charge in [-0.1, -0.05) is 80.6 Å². The second-order valence-electron chi connectivity index (χ2n) is 14.4. The van der Waals surface area contributed by atoms with E-state index in [1.54, 1.807) is 18.4 Å². The third-order valence-electron chi connectivity index (χ3n) is 9.76. The topological polar surface area (TPSA) is 79.9 Å². The Hall–Kier alpha value is -5.18. The molecular formula is C47H53N3O4S. The molecule has 1 heterocycles. The third kappa shape index (κ3) is 11.0. The van der Waals surface area contributed by atoms with E-state index >= 15 is 0 Å². The quantitative estimate of drug-likeness (QED) is 0.0599. The van der Waals surface area contributed by atoms with Crippen molar-refractivity contribution in [2.24, 2.45) is 5.92 Å². The van der Waals surface area contributed by atoms with Crippen LogP contribution in [0.25, 0.3) is 32.0 Å². The number of amides is 2. The molecule has 0 aliphatic heterocycles. The number of methoxy groups -OCH3 is 1. The van der Waals surface area contributed by atoms with Crippen molar-refractivity contribution in [3.05, 3.63) is 131 Å². The highest BCUT2D eigenvalue weighted by molar-refractivity contribution is 7.13. The van der Waals surface area contributed by atoms with E-state index in [1.165, 1.54) is 32.0 Å². The Morgan fingerprint density at radius 1 is 0.782 bits per heavy atom. The molecule has 0 aliphatic rings. The van der Waals surface area contributed by atoms with Crippen LogP contribution < -0.4 is 20.1 Å². The standard InChI is InChI=1S/C47H53N3O4S/c1-34(2)32-50(47(52)36-21-19-35(20-22-36)45-17-10-29-55-45)33-39-23-24-40(31-44(39)53-3)54-28-9-18-46(51)49-27-11-26-48-25-8-16-43-41-14-6-4-12-37(41)30-38-13-5-7-15-42(38)43/h4-7,10,12-15,17,19-24,29-31,34,48H,8-9,11,16,18,25-28,32-33H2,1-3H3,(H,49,51). The molecule has 55 heavy (non-hydrogen) atoms. The van der Waals surface area contributed by atoms with Gasteiger partial charge in [0.05, 0.1) is 13.7 Å². The molecule has 5 aromatic carbocycles. The second-order valence-corrected chi connectivity index (χ2v) is 15.4. The van der Waals surface area contributed by atoms with Gasteiger partial charge in [0.1, 0.15) is 11.5 Å². The first-order valence-corrected chi connectivity index (χ1v) is 20.4. The van der Waals surface area contributed by atoms with Crippen LogP contribution in [0.1, 0.15) is 61.0 Å². The number of fused-ring (bicyclic) bond motifs is 2. The number of nitrogens with one attached hydrogen (secondary N) is 2. The van der Waals surface area contributed by atoms with Crippen LogP contribution in [0.4, 0.5) is 0 Å². The van der Waals surface area contributed by atoms with Gasteiger partial charge in [-0.15, -0.1) is 11.3 Å². The summed E-state index contributed by atoms with van der Waals surface area (Å²) in [7, 11) is 1.63. The van der Waals surface area contributed by atoms with Crippen molar-refractivity contribution in [1.82, 2.24) is 15.5 Å². The van der Waals surface area contributed by atoms with E-state index in [0.717, 1.165) is 43.5 Å². The zero-order valence-electron chi connectivity index (χ0n) is 32.3. The average Bonchev–Trinajstić information content (AvgIpc) is 3.75. The largest absolute Gasteiger partial charge is 0.496 e. The Morgan fingerprint density at radius 2 is 1.51 bits per heavy atom. The first kappa shape index (κ1) is 39.5. The molecule has 2 amide bonds. The number of carbonyl (C=O) groups excluding carboxylic acids is 2. The van der Waals surface area contributed by atoms with E-state index in [0.29, 0.717) is 62.1 Å². The molecule has 0 radical (unpaired) electrons. The number of nitrogens with zero attached hydrogens (tertiary/aromatic N) is 1. The summed E-state index contributed by atoms with van der Waals surface area (Å²) in [5.41, 5.74) is 4.11. The van der Waals surface area contributed by atoms with Gasteiger partial charge >= 0.3 is 0 Å². The lowest BCUT2D eigenvalue weighted by molar-refractivity contribution is -0.121. The first-order valence-electron chi connectivity index (χ1n) is 19.5. The van der Waals surface area contributed by atoms with E-state index in [4.69, 9.17) is 9.47 Å². The van der Waals surface area contributed by atoms with E-state index in [2.05, 4.69) is 90.5 Å². The molecule has 2 N–H and O–H groups in total. The summed E-state index contributed by atoms with van der Waals surface area (Å²) in [6.07, 6.45) is 3.98. The van der Waals surface area contributed by atoms with Crippen LogP contribution in [-0.4, -0.2) is 56.6 Å². The maximum atomic E-state index is 13.7. The van der Waals surface area contributed by atoms with Crippen molar-refractivity contribution in [3.8, 4) is 21.9 Å². The fourth-order valence-corrected chi connectivity index (χ4v) is 7.79. The summed E-state index contributed by atoms with van der Waals surface area (Å²) in [6, 6.07) is 37.3. The molecule has 0 saturated carbocycles. The highest BCUT2D eigenvalue weighted by atomic mass is 32.1. The minimum atomic E-state index is -0.00924. The smallest absolute Gasteiger partial charge is 0.254 e. The zero-order chi connectivity index (χ0) is 38.4. The summed E-state index contributed by atoms with van der Waals surface area (Å²) in [5.74, 6) is 1.67. The molecule has 0 atom stereocenters. The maximum Gasteiger partial charge on any atom is 0.254 e.